The van der Waals surface area contributed by atoms with Crippen LogP contribution in [-0.2, 0) is 26.1 Å². The van der Waals surface area contributed by atoms with Crippen LogP contribution in [0.3, 0.4) is 0 Å². The molecule has 8 nitrogen and oxygen atoms in total. The zero-order chi connectivity index (χ0) is 26.0. The molecule has 0 aliphatic carbocycles. The molecule has 0 bridgehead atoms. The quantitative estimate of drug-likeness (QED) is 0.353. The average molecular weight is 512 g/mol. The molecule has 0 spiro atoms. The molecule has 34 heavy (non-hydrogen) atoms. The number of amides is 2. The van der Waals surface area contributed by atoms with Crippen LogP contribution < -0.4 is 5.73 Å². The van der Waals surface area contributed by atoms with Crippen LogP contribution in [0.1, 0.15) is 32.3 Å². The Hall–Kier alpha value is -2.25. The predicted octanol–water partition coefficient (Wildman–Crippen LogP) is 1.68. The first-order valence-electron chi connectivity index (χ1n) is 10.6. The number of benzene rings is 1. The monoisotopic (exact) mass is 511 g/mol. The Bertz CT molecular complexity index is 1020. The van der Waals surface area contributed by atoms with Gasteiger partial charge in [0, 0.05) is 44.1 Å². The lowest BCUT2D eigenvalue weighted by Crippen LogP contribution is -2.45. The number of fused-ring (bicyclic) bond motifs is 1. The van der Waals surface area contributed by atoms with Gasteiger partial charge in [-0.1, -0.05) is 0 Å². The summed E-state index contributed by atoms with van der Waals surface area (Å²) in [5, 5.41) is 0. The van der Waals surface area contributed by atoms with Crippen molar-refractivity contribution < 1.29 is 40.1 Å². The van der Waals surface area contributed by atoms with Gasteiger partial charge in [-0.05, 0) is 38.3 Å². The molecule has 2 heterocycles. The largest absolute Gasteiger partial charge is 0.338 e. The number of hydrogen-bond donors (Lipinski definition) is 2. The third-order valence-corrected chi connectivity index (χ3v) is 5.67. The molecule has 0 unspecified atom stereocenters. The lowest BCUT2D eigenvalue weighted by Gasteiger charge is -2.27. The molecular formula is C21H29F4N3O5S. The molecule has 0 aromatic heterocycles. The van der Waals surface area contributed by atoms with E-state index in [1.54, 1.807) is 4.90 Å². The van der Waals surface area contributed by atoms with Gasteiger partial charge >= 0.3 is 0 Å². The highest BCUT2D eigenvalue weighted by Crippen LogP contribution is 2.33. The van der Waals surface area contributed by atoms with E-state index >= 15 is 0 Å². The number of rotatable bonds is 5. The summed E-state index contributed by atoms with van der Waals surface area (Å²) < 4.78 is 80.0. The fourth-order valence-electron chi connectivity index (χ4n) is 4.23. The lowest BCUT2D eigenvalue weighted by atomic mass is 10.0. The molecule has 2 aliphatic rings. The Kier molecular flexibility index (Phi) is 8.70. The molecule has 0 radical (unpaired) electrons. The second kappa shape index (κ2) is 10.6. The van der Waals surface area contributed by atoms with E-state index in [1.807, 2.05) is 0 Å². The van der Waals surface area contributed by atoms with Crippen molar-refractivity contribution in [3.05, 3.63) is 35.1 Å². The van der Waals surface area contributed by atoms with Crippen LogP contribution in [0.2, 0.25) is 0 Å². The molecular weight excluding hydrogens is 482 g/mol. The molecule has 3 rings (SSSR count). The molecule has 3 N–H and O–H groups in total. The minimum absolute atomic E-state index is 0.0881. The smallest absolute Gasteiger partial charge is 0.261 e. The topological polar surface area (TPSA) is 121 Å². The van der Waals surface area contributed by atoms with E-state index in [2.05, 4.69) is 0 Å². The molecule has 1 aromatic carbocycles. The van der Waals surface area contributed by atoms with Gasteiger partial charge in [-0.15, -0.1) is 0 Å². The van der Waals surface area contributed by atoms with E-state index in [9.17, 15) is 35.6 Å². The van der Waals surface area contributed by atoms with Crippen molar-refractivity contribution in [3.8, 4) is 0 Å². The highest BCUT2D eigenvalue weighted by atomic mass is 32.2. The summed E-state index contributed by atoms with van der Waals surface area (Å²) in [6.07, 6.45) is 1.22. The molecule has 2 amide bonds. The van der Waals surface area contributed by atoms with Crippen molar-refractivity contribution in [3.63, 3.8) is 0 Å². The zero-order valence-electron chi connectivity index (χ0n) is 19.1. The molecule has 1 aromatic rings. The second-order valence-corrected chi connectivity index (χ2v) is 10.6. The number of halogens is 4. The maximum Gasteiger partial charge on any atom is 0.261 e. The third kappa shape index (κ3) is 7.64. The highest BCUT2D eigenvalue weighted by molar-refractivity contribution is 7.85. The Morgan fingerprint density at radius 1 is 1.18 bits per heavy atom. The normalized spacial score (nSPS) is 21.1. The van der Waals surface area contributed by atoms with Crippen molar-refractivity contribution in [2.75, 3.05) is 25.9 Å². The molecule has 2 fully saturated rings. The first kappa shape index (κ1) is 28.0. The summed E-state index contributed by atoms with van der Waals surface area (Å²) >= 11 is 0. The van der Waals surface area contributed by atoms with Gasteiger partial charge in [0.25, 0.3) is 16.0 Å². The molecule has 2 aliphatic heterocycles. The Labute approximate surface area is 195 Å². The number of hydrogen-bond acceptors (Lipinski definition) is 5. The number of nitrogens with two attached hydrogens (primary N) is 1. The SMILES string of the molecule is CC(C)(F)C(=O)N1C[C@@H]2CCN(C(=O)C[C@H](N)Cc3cc(F)c(F)cc3F)[C@@H]2C1.CS(=O)(=O)O. The van der Waals surface area contributed by atoms with Crippen LogP contribution in [0, 0.1) is 23.4 Å². The molecule has 13 heteroatoms. The maximum absolute atomic E-state index is 14.0. The van der Waals surface area contributed by atoms with Gasteiger partial charge in [0.1, 0.15) is 5.82 Å². The van der Waals surface area contributed by atoms with Gasteiger partial charge in [0.05, 0.1) is 12.3 Å². The number of carbonyl (C=O) groups is 2. The fourth-order valence-corrected chi connectivity index (χ4v) is 4.23. The van der Waals surface area contributed by atoms with Gasteiger partial charge in [-0.3, -0.25) is 14.1 Å². The third-order valence-electron chi connectivity index (χ3n) is 5.67. The average Bonchev–Trinajstić information content (AvgIpc) is 3.23. The summed E-state index contributed by atoms with van der Waals surface area (Å²) in [5.41, 5.74) is 3.90. The summed E-state index contributed by atoms with van der Waals surface area (Å²) in [5.74, 6) is -4.12. The van der Waals surface area contributed by atoms with Crippen molar-refractivity contribution in [2.24, 2.45) is 11.7 Å². The molecule has 0 saturated carbocycles. The van der Waals surface area contributed by atoms with Gasteiger partial charge in [-0.25, -0.2) is 17.6 Å². The summed E-state index contributed by atoms with van der Waals surface area (Å²) in [4.78, 5) is 28.0. The van der Waals surface area contributed by atoms with Crippen LogP contribution >= 0.6 is 0 Å². The molecule has 3 atom stereocenters. The molecule has 192 valence electrons. The van der Waals surface area contributed by atoms with Crippen LogP contribution in [-0.4, -0.2) is 78.2 Å². The number of alkyl halides is 1. The minimum Gasteiger partial charge on any atom is -0.338 e. The zero-order valence-corrected chi connectivity index (χ0v) is 19.9. The van der Waals surface area contributed by atoms with Gasteiger partial charge < -0.3 is 15.5 Å². The van der Waals surface area contributed by atoms with Crippen molar-refractivity contribution in [1.82, 2.24) is 9.80 Å². The summed E-state index contributed by atoms with van der Waals surface area (Å²) in [7, 11) is -3.67. The maximum atomic E-state index is 14.0. The van der Waals surface area contributed by atoms with E-state index in [0.717, 1.165) is 6.07 Å². The van der Waals surface area contributed by atoms with Crippen LogP contribution in [0.25, 0.3) is 0 Å². The Balaban J connectivity index is 0.000000739. The fraction of sp³-hybridized carbons (Fsp3) is 0.619. The lowest BCUT2D eigenvalue weighted by molar-refractivity contribution is -0.142. The Morgan fingerprint density at radius 2 is 1.74 bits per heavy atom. The van der Waals surface area contributed by atoms with Gasteiger partial charge in [0.2, 0.25) is 5.91 Å². The van der Waals surface area contributed by atoms with Crippen LogP contribution in [0.4, 0.5) is 17.6 Å². The van der Waals surface area contributed by atoms with Crippen LogP contribution in [0.15, 0.2) is 12.1 Å². The minimum atomic E-state index is -3.67. The van der Waals surface area contributed by atoms with E-state index in [-0.39, 0.29) is 42.8 Å². The number of nitrogens with zero attached hydrogens (tertiary/aromatic N) is 2. The van der Waals surface area contributed by atoms with Crippen LogP contribution in [0.5, 0.6) is 0 Å². The first-order valence-corrected chi connectivity index (χ1v) is 12.4. The number of carbonyl (C=O) groups excluding carboxylic acids is 2. The van der Waals surface area contributed by atoms with Crippen molar-refractivity contribution in [1.29, 1.82) is 0 Å². The standard InChI is InChI=1S/C20H25F4N3O2.CH4O3S/c1-20(2,24)19(29)26-9-11-3-4-27(17(11)10-26)18(28)7-13(25)5-12-6-15(22)16(23)8-14(12)21;1-5(2,3)4/h6,8,11,13,17H,3-5,7,9-10,25H2,1-2H3;1H3,(H,2,3,4)/t11-,13+,17+;/m0./s1. The van der Waals surface area contributed by atoms with Gasteiger partial charge in [-0.2, -0.15) is 8.42 Å². The van der Waals surface area contributed by atoms with Crippen molar-refractivity contribution >= 4 is 21.9 Å². The highest BCUT2D eigenvalue weighted by Gasteiger charge is 2.47. The van der Waals surface area contributed by atoms with E-state index < -0.39 is 45.2 Å². The van der Waals surface area contributed by atoms with E-state index in [1.165, 1.54) is 18.7 Å². The van der Waals surface area contributed by atoms with Gasteiger partial charge in [0.15, 0.2) is 17.3 Å². The van der Waals surface area contributed by atoms with Crippen molar-refractivity contribution in [2.45, 2.75) is 50.9 Å². The predicted molar refractivity (Wildman–Crippen MR) is 115 cm³/mol. The number of likely N-dealkylation sites (tertiary alicyclic amines) is 2. The summed E-state index contributed by atoms with van der Waals surface area (Å²) in [6, 6.07) is 0.242. The Morgan fingerprint density at radius 3 is 2.29 bits per heavy atom. The second-order valence-electron chi connectivity index (χ2n) is 9.14. The first-order chi connectivity index (χ1) is 15.5. The van der Waals surface area contributed by atoms with E-state index in [4.69, 9.17) is 10.3 Å². The molecule has 2 saturated heterocycles. The summed E-state index contributed by atoms with van der Waals surface area (Å²) in [6.45, 7) is 3.62. The van der Waals surface area contributed by atoms with E-state index in [0.29, 0.717) is 31.8 Å².